The van der Waals surface area contributed by atoms with Crippen molar-refractivity contribution < 1.29 is 22.7 Å². The molecule has 1 N–H and O–H groups in total. The van der Waals surface area contributed by atoms with Gasteiger partial charge in [0.05, 0.1) is 38.4 Å². The molecule has 2 heterocycles. The average molecular weight is 435 g/mol. The highest BCUT2D eigenvalue weighted by Crippen LogP contribution is 2.29. The van der Waals surface area contributed by atoms with Crippen molar-refractivity contribution in [2.45, 2.75) is 31.1 Å². The van der Waals surface area contributed by atoms with E-state index in [0.29, 0.717) is 24.7 Å². The lowest BCUT2D eigenvalue weighted by atomic mass is 9.96. The number of morpholine rings is 1. The molecule has 1 aliphatic rings. The number of hydrogen-bond donors (Lipinski definition) is 1. The van der Waals surface area contributed by atoms with Gasteiger partial charge < -0.3 is 14.8 Å². The lowest BCUT2D eigenvalue weighted by Crippen LogP contribution is -2.40. The van der Waals surface area contributed by atoms with Gasteiger partial charge >= 0.3 is 0 Å². The third-order valence-corrected chi connectivity index (χ3v) is 6.51. The minimum atomic E-state index is -3.83. The van der Waals surface area contributed by atoms with Gasteiger partial charge in [0.2, 0.25) is 10.0 Å². The fourth-order valence-electron chi connectivity index (χ4n) is 2.93. The van der Waals surface area contributed by atoms with Crippen LogP contribution < -0.4 is 10.1 Å². The van der Waals surface area contributed by atoms with E-state index < -0.39 is 15.9 Å². The summed E-state index contributed by atoms with van der Waals surface area (Å²) in [7, 11) is -2.44. The largest absolute Gasteiger partial charge is 0.495 e. The highest BCUT2D eigenvalue weighted by molar-refractivity contribution is 7.89. The van der Waals surface area contributed by atoms with Crippen molar-refractivity contribution in [1.29, 1.82) is 0 Å². The van der Waals surface area contributed by atoms with Crippen LogP contribution >= 0.6 is 0 Å². The second-order valence-electron chi connectivity index (χ2n) is 7.88. The lowest BCUT2D eigenvalue weighted by Gasteiger charge is -2.26. The molecule has 3 rings (SSSR count). The van der Waals surface area contributed by atoms with Gasteiger partial charge in [0.1, 0.15) is 16.5 Å². The number of ether oxygens (including phenoxy) is 2. The van der Waals surface area contributed by atoms with Gasteiger partial charge in [-0.05, 0) is 18.2 Å². The van der Waals surface area contributed by atoms with E-state index in [-0.39, 0.29) is 34.7 Å². The molecule has 1 fully saturated rings. The maximum Gasteiger partial charge on any atom is 0.255 e. The van der Waals surface area contributed by atoms with Crippen LogP contribution in [0.5, 0.6) is 5.75 Å². The Morgan fingerprint density at radius 3 is 2.37 bits per heavy atom. The number of benzene rings is 1. The van der Waals surface area contributed by atoms with Crippen LogP contribution in [-0.2, 0) is 20.2 Å². The smallest absolute Gasteiger partial charge is 0.255 e. The molecule has 10 heteroatoms. The molecule has 1 amide bonds. The molecular formula is C20H26N4O5S. The molecule has 0 unspecified atom stereocenters. The number of methoxy groups -OCH3 is 1. The fourth-order valence-corrected chi connectivity index (χ4v) is 4.52. The first-order valence-corrected chi connectivity index (χ1v) is 11.0. The number of anilines is 1. The molecule has 0 aliphatic carbocycles. The Morgan fingerprint density at radius 1 is 1.17 bits per heavy atom. The van der Waals surface area contributed by atoms with Gasteiger partial charge in [0.15, 0.2) is 0 Å². The van der Waals surface area contributed by atoms with Crippen LogP contribution in [0.4, 0.5) is 5.69 Å². The predicted octanol–water partition coefficient (Wildman–Crippen LogP) is 2.06. The Balaban J connectivity index is 1.86. The Morgan fingerprint density at radius 2 is 1.80 bits per heavy atom. The number of sulfonamides is 1. The number of hydrogen-bond acceptors (Lipinski definition) is 7. The summed E-state index contributed by atoms with van der Waals surface area (Å²) in [6.07, 6.45) is 3.06. The van der Waals surface area contributed by atoms with Gasteiger partial charge in [-0.25, -0.2) is 18.4 Å². The first kappa shape index (κ1) is 22.1. The highest BCUT2D eigenvalue weighted by Gasteiger charge is 2.30. The van der Waals surface area contributed by atoms with Gasteiger partial charge in [-0.2, -0.15) is 4.31 Å². The Kier molecular flexibility index (Phi) is 6.39. The van der Waals surface area contributed by atoms with Crippen molar-refractivity contribution in [3.8, 4) is 5.75 Å². The molecule has 1 aromatic carbocycles. The first-order chi connectivity index (χ1) is 14.1. The van der Waals surface area contributed by atoms with Crippen LogP contribution in [0.15, 0.2) is 35.5 Å². The third kappa shape index (κ3) is 4.77. The summed E-state index contributed by atoms with van der Waals surface area (Å²) >= 11 is 0. The lowest BCUT2D eigenvalue weighted by molar-refractivity contribution is 0.0729. The molecule has 0 radical (unpaired) electrons. The first-order valence-electron chi connectivity index (χ1n) is 9.53. The summed E-state index contributed by atoms with van der Waals surface area (Å²) in [6.45, 7) is 7.13. The van der Waals surface area contributed by atoms with E-state index in [1.165, 1.54) is 42.0 Å². The number of aromatic nitrogens is 2. The van der Waals surface area contributed by atoms with Crippen LogP contribution in [0.2, 0.25) is 0 Å². The fraction of sp³-hybridized carbons (Fsp3) is 0.450. The quantitative estimate of drug-likeness (QED) is 0.767. The molecule has 30 heavy (non-hydrogen) atoms. The molecule has 1 saturated heterocycles. The molecule has 0 saturated carbocycles. The van der Waals surface area contributed by atoms with Crippen molar-refractivity contribution in [2.75, 3.05) is 38.7 Å². The number of nitrogens with zero attached hydrogens (tertiary/aromatic N) is 3. The second-order valence-corrected chi connectivity index (χ2v) is 9.79. The molecule has 0 bridgehead atoms. The topological polar surface area (TPSA) is 111 Å². The SMILES string of the molecule is COc1ccc(C(=O)Nc2cnc(C(C)(C)C)nc2)cc1S(=O)(=O)N1CCOCC1. The van der Waals surface area contributed by atoms with Crippen LogP contribution in [0.3, 0.4) is 0 Å². The highest BCUT2D eigenvalue weighted by atomic mass is 32.2. The number of carbonyl (C=O) groups excluding carboxylic acids is 1. The summed E-state index contributed by atoms with van der Waals surface area (Å²) in [6, 6.07) is 4.31. The summed E-state index contributed by atoms with van der Waals surface area (Å²) in [5, 5.41) is 2.70. The Hall–Kier alpha value is -2.56. The molecule has 1 aromatic heterocycles. The molecular weight excluding hydrogens is 408 g/mol. The number of nitrogens with one attached hydrogen (secondary N) is 1. The molecule has 9 nitrogen and oxygen atoms in total. The molecule has 1 aliphatic heterocycles. The standard InChI is InChI=1S/C20H26N4O5S/c1-20(2,3)19-21-12-15(13-22-19)23-18(25)14-5-6-16(28-4)17(11-14)30(26,27)24-7-9-29-10-8-24/h5-6,11-13H,7-10H2,1-4H3,(H,23,25). The Labute approximate surface area is 176 Å². The maximum atomic E-state index is 13.1. The number of amides is 1. The summed E-state index contributed by atoms with van der Waals surface area (Å²) < 4.78 is 37.9. The normalized spacial score (nSPS) is 15.6. The minimum Gasteiger partial charge on any atom is -0.495 e. The molecule has 0 atom stereocenters. The van der Waals surface area contributed by atoms with E-state index in [9.17, 15) is 13.2 Å². The second kappa shape index (κ2) is 8.66. The average Bonchev–Trinajstić information content (AvgIpc) is 2.73. The summed E-state index contributed by atoms with van der Waals surface area (Å²) in [4.78, 5) is 21.2. The van der Waals surface area contributed by atoms with Crippen LogP contribution in [0.25, 0.3) is 0 Å². The molecule has 162 valence electrons. The van der Waals surface area contributed by atoms with Gasteiger partial charge in [0.25, 0.3) is 5.91 Å². The van der Waals surface area contributed by atoms with Crippen molar-refractivity contribution in [3.63, 3.8) is 0 Å². The van der Waals surface area contributed by atoms with E-state index in [2.05, 4.69) is 15.3 Å². The van der Waals surface area contributed by atoms with E-state index in [0.717, 1.165) is 0 Å². The van der Waals surface area contributed by atoms with Gasteiger partial charge in [-0.3, -0.25) is 4.79 Å². The van der Waals surface area contributed by atoms with Crippen molar-refractivity contribution in [2.24, 2.45) is 0 Å². The minimum absolute atomic E-state index is 0.0566. The van der Waals surface area contributed by atoms with E-state index in [4.69, 9.17) is 9.47 Å². The molecule has 2 aromatic rings. The van der Waals surface area contributed by atoms with E-state index in [1.54, 1.807) is 0 Å². The number of rotatable bonds is 5. The van der Waals surface area contributed by atoms with Crippen LogP contribution in [0, 0.1) is 0 Å². The number of carbonyl (C=O) groups is 1. The zero-order chi connectivity index (χ0) is 21.9. The molecule has 0 spiro atoms. The van der Waals surface area contributed by atoms with Crippen LogP contribution in [-0.4, -0.2) is 62.0 Å². The van der Waals surface area contributed by atoms with Gasteiger partial charge in [0, 0.05) is 24.1 Å². The Bertz CT molecular complexity index is 1010. The zero-order valence-electron chi connectivity index (χ0n) is 17.5. The summed E-state index contributed by atoms with van der Waals surface area (Å²) in [5.41, 5.74) is 0.394. The van der Waals surface area contributed by atoms with Gasteiger partial charge in [-0.1, -0.05) is 20.8 Å². The van der Waals surface area contributed by atoms with Crippen molar-refractivity contribution in [3.05, 3.63) is 42.0 Å². The summed E-state index contributed by atoms with van der Waals surface area (Å²) in [5.74, 6) is 0.364. The zero-order valence-corrected chi connectivity index (χ0v) is 18.3. The van der Waals surface area contributed by atoms with Crippen molar-refractivity contribution >= 4 is 21.6 Å². The van der Waals surface area contributed by atoms with E-state index >= 15 is 0 Å². The van der Waals surface area contributed by atoms with E-state index in [1.807, 2.05) is 20.8 Å². The predicted molar refractivity (Wildman–Crippen MR) is 111 cm³/mol. The maximum absolute atomic E-state index is 13.1. The van der Waals surface area contributed by atoms with Gasteiger partial charge in [-0.15, -0.1) is 0 Å². The monoisotopic (exact) mass is 434 g/mol. The van der Waals surface area contributed by atoms with Crippen molar-refractivity contribution in [1.82, 2.24) is 14.3 Å². The van der Waals surface area contributed by atoms with Crippen LogP contribution in [0.1, 0.15) is 37.0 Å². The third-order valence-electron chi connectivity index (χ3n) is 4.59.